The van der Waals surface area contributed by atoms with Crippen molar-refractivity contribution in [1.29, 1.82) is 0 Å². The number of anilines is 9. The minimum atomic E-state index is -2.26. The average Bonchev–Trinajstić information content (AvgIpc) is 0.684. The molecule has 0 radical (unpaired) electrons. The standard InChI is InChI=1S/C129H98BN3S4/c1-129(2)118-79-39-41-81-122(118)133(123-82-42-40-80-119(123)129)101-93-126-128-127(94-101)132(100-50-46-78-117(92-100)137(111-69-33-12-34-70-111,112-71-35-13-36-72-112)113-73-37-14-38-74-113)125-90-98(96-48-44-76-115(88-96)135(105-57-21-6-22-58-105,106-59-23-7-24-60-106)107-61-25-8-26-62-107)84-86-121(125)130(128)120-85-83-97(95-47-43-75-114(87-95)134(102-51-15-3-16-52-102,103-53-17-4-18-54-103)104-55-19-5-20-56-104)89-124(120)131(126)99-49-45-77-116(91-99)136(108-63-27-9-28-64-108,109-65-29-10-30-66-109)110-67-31-11-32-68-110/h3-94H,1-2H3. The summed E-state index contributed by atoms with van der Waals surface area (Å²) in [5.41, 5.74) is 20.0. The second-order valence-electron chi connectivity index (χ2n) is 35.8. The van der Waals surface area contributed by atoms with Crippen LogP contribution in [0, 0.1) is 0 Å². The van der Waals surface area contributed by atoms with Gasteiger partial charge >= 0.3 is 0 Å². The zero-order valence-electron chi connectivity index (χ0n) is 76.2. The lowest BCUT2D eigenvalue weighted by Gasteiger charge is -2.47. The van der Waals surface area contributed by atoms with Gasteiger partial charge in [-0.1, -0.05) is 329 Å². The molecule has 21 aromatic rings. The molecular formula is C129H98BN3S4. The van der Waals surface area contributed by atoms with Crippen molar-refractivity contribution in [3.8, 4) is 22.3 Å². The lowest BCUT2D eigenvalue weighted by Crippen LogP contribution is -2.61. The third-order valence-electron chi connectivity index (χ3n) is 28.0. The van der Waals surface area contributed by atoms with Gasteiger partial charge in [0.2, 0.25) is 0 Å². The summed E-state index contributed by atoms with van der Waals surface area (Å²) in [5.74, 6) is 0. The molecule has 3 nitrogen and oxygen atoms in total. The van der Waals surface area contributed by atoms with Crippen molar-refractivity contribution in [2.24, 2.45) is 0 Å². The van der Waals surface area contributed by atoms with Crippen LogP contribution < -0.4 is 31.1 Å². The normalized spacial score (nSPS) is 13.5. The van der Waals surface area contributed by atoms with Crippen LogP contribution in [0.3, 0.4) is 0 Å². The summed E-state index contributed by atoms with van der Waals surface area (Å²) >= 11 is 0. The van der Waals surface area contributed by atoms with Crippen LogP contribution in [-0.4, -0.2) is 6.71 Å². The van der Waals surface area contributed by atoms with Crippen molar-refractivity contribution in [3.63, 3.8) is 0 Å². The van der Waals surface area contributed by atoms with Crippen molar-refractivity contribution in [2.45, 2.75) is 97.6 Å². The minimum Gasteiger partial charge on any atom is -0.311 e. The summed E-state index contributed by atoms with van der Waals surface area (Å²) in [4.78, 5) is 28.1. The Bertz CT molecular complexity index is 7140. The topological polar surface area (TPSA) is 9.72 Å². The Balaban J connectivity index is 0.828. The molecule has 3 aliphatic heterocycles. The van der Waals surface area contributed by atoms with Crippen molar-refractivity contribution >= 4 is 114 Å². The highest BCUT2D eigenvalue weighted by molar-refractivity contribution is 8.35. The van der Waals surface area contributed by atoms with Crippen molar-refractivity contribution in [1.82, 2.24) is 0 Å². The summed E-state index contributed by atoms with van der Waals surface area (Å²) < 4.78 is 0. The molecule has 0 aliphatic carbocycles. The molecule has 21 aromatic carbocycles. The Hall–Kier alpha value is -15.5. The maximum Gasteiger partial charge on any atom is 0.252 e. The van der Waals surface area contributed by atoms with E-state index in [0.717, 1.165) is 73.4 Å². The van der Waals surface area contributed by atoms with E-state index in [-0.39, 0.29) is 12.1 Å². The van der Waals surface area contributed by atoms with Gasteiger partial charge in [0.05, 0.1) is 17.1 Å². The van der Waals surface area contributed by atoms with E-state index in [1.54, 1.807) is 0 Å². The number of para-hydroxylation sites is 2. The van der Waals surface area contributed by atoms with E-state index in [2.05, 4.69) is 587 Å². The number of nitrogens with zero attached hydrogens (tertiary/aromatic N) is 3. The smallest absolute Gasteiger partial charge is 0.252 e. The second-order valence-corrected chi connectivity index (χ2v) is 48.2. The third-order valence-corrected chi connectivity index (χ3v) is 43.6. The predicted octanol–water partition coefficient (Wildman–Crippen LogP) is 34.6. The van der Waals surface area contributed by atoms with E-state index in [1.807, 2.05) is 0 Å². The van der Waals surface area contributed by atoms with Gasteiger partial charge in [0.1, 0.15) is 0 Å². The number of fused-ring (bicyclic) bond motifs is 6. The largest absolute Gasteiger partial charge is 0.311 e. The first-order valence-electron chi connectivity index (χ1n) is 47.1. The van der Waals surface area contributed by atoms with E-state index in [9.17, 15) is 0 Å². The predicted molar refractivity (Wildman–Crippen MR) is 578 cm³/mol. The van der Waals surface area contributed by atoms with Gasteiger partial charge in [0, 0.05) is 118 Å². The fourth-order valence-corrected chi connectivity index (χ4v) is 37.7. The Labute approximate surface area is 811 Å². The van der Waals surface area contributed by atoms with Crippen LogP contribution in [0.25, 0.3) is 22.3 Å². The van der Waals surface area contributed by atoms with Crippen molar-refractivity contribution in [3.05, 3.63) is 569 Å². The quantitative estimate of drug-likeness (QED) is 0.0664. The first-order chi connectivity index (χ1) is 67.7. The zero-order chi connectivity index (χ0) is 91.5. The Morgan fingerprint density at radius 2 is 0.372 bits per heavy atom. The minimum absolute atomic E-state index is 0.332. The lowest BCUT2D eigenvalue weighted by molar-refractivity contribution is 0.632. The molecular weight excluding hydrogens is 1730 g/mol. The molecule has 0 bridgehead atoms. The first kappa shape index (κ1) is 84.5. The molecule has 137 heavy (non-hydrogen) atoms. The third kappa shape index (κ3) is 13.9. The summed E-state index contributed by atoms with van der Waals surface area (Å²) in [6.45, 7) is 4.48. The fourth-order valence-electron chi connectivity index (χ4n) is 22.1. The van der Waals surface area contributed by atoms with Gasteiger partial charge in [0.15, 0.2) is 0 Å². The molecule has 0 saturated heterocycles. The Morgan fingerprint density at radius 1 is 0.161 bits per heavy atom. The molecule has 8 heteroatoms. The van der Waals surface area contributed by atoms with Crippen LogP contribution >= 0.6 is 40.1 Å². The number of hydrogen-bond acceptors (Lipinski definition) is 3. The van der Waals surface area contributed by atoms with Crippen LogP contribution in [0.2, 0.25) is 0 Å². The monoisotopic (exact) mass is 1830 g/mol. The lowest BCUT2D eigenvalue weighted by atomic mass is 9.33. The highest BCUT2D eigenvalue weighted by Crippen LogP contribution is 2.78. The highest BCUT2D eigenvalue weighted by atomic mass is 32.3. The van der Waals surface area contributed by atoms with E-state index in [4.69, 9.17) is 0 Å². The van der Waals surface area contributed by atoms with Gasteiger partial charge in [-0.2, -0.15) is 0 Å². The molecule has 0 fully saturated rings. The van der Waals surface area contributed by atoms with Gasteiger partial charge in [-0.3, -0.25) is 0 Å². The molecule has 3 heterocycles. The molecule has 0 amide bonds. The van der Waals surface area contributed by atoms with E-state index < -0.39 is 40.1 Å². The van der Waals surface area contributed by atoms with Gasteiger partial charge in [-0.15, -0.1) is 40.1 Å². The molecule has 3 aliphatic rings. The average molecular weight is 1830 g/mol. The van der Waals surface area contributed by atoms with E-state index in [1.165, 1.54) is 106 Å². The number of hydrogen-bond donors (Lipinski definition) is 0. The van der Waals surface area contributed by atoms with Crippen LogP contribution in [0.1, 0.15) is 25.0 Å². The number of benzene rings is 21. The summed E-state index contributed by atoms with van der Waals surface area (Å²) in [6.07, 6.45) is 0. The number of rotatable bonds is 21. The van der Waals surface area contributed by atoms with Crippen molar-refractivity contribution < 1.29 is 0 Å². The second kappa shape index (κ2) is 35.4. The maximum absolute atomic E-state index is 2.70. The van der Waals surface area contributed by atoms with E-state index >= 15 is 0 Å². The first-order valence-corrected chi connectivity index (χ1v) is 53.7. The van der Waals surface area contributed by atoms with E-state index in [0.29, 0.717) is 0 Å². The Kier molecular flexibility index (Phi) is 21.8. The molecule has 0 aromatic heterocycles. The summed E-state index contributed by atoms with van der Waals surface area (Å²) in [6, 6.07) is 213. The molecule has 0 unspecified atom stereocenters. The van der Waals surface area contributed by atoms with Crippen LogP contribution in [-0.2, 0) is 5.41 Å². The molecule has 656 valence electrons. The molecule has 0 saturated carbocycles. The SMILES string of the molecule is CC1(C)c2ccccc2N(c2cc3c4c(c2)N(c2cccc(S(c5ccccc5)(c5ccccc5)c5ccccc5)c2)c2cc(-c5cccc(S(c6ccccc6)(c6ccccc6)c6ccccc6)c5)ccc2B4c2ccc(-c4cccc(S(c5ccccc5)(c5ccccc5)c5ccccc5)c4)cc2N3c2cccc(S(c3ccccc3)(c3ccccc3)c3ccccc3)c2)c2ccccc21. The van der Waals surface area contributed by atoms with Gasteiger partial charge in [0.25, 0.3) is 6.71 Å². The highest BCUT2D eigenvalue weighted by Gasteiger charge is 2.48. The van der Waals surface area contributed by atoms with Crippen LogP contribution in [0.15, 0.2) is 636 Å². The fraction of sp³-hybridized carbons (Fsp3) is 0.0233. The zero-order valence-corrected chi connectivity index (χ0v) is 79.4. The van der Waals surface area contributed by atoms with Gasteiger partial charge < -0.3 is 14.7 Å². The van der Waals surface area contributed by atoms with Gasteiger partial charge in [-0.05, 0) is 292 Å². The van der Waals surface area contributed by atoms with Gasteiger partial charge in [-0.25, -0.2) is 0 Å². The van der Waals surface area contributed by atoms with Crippen LogP contribution in [0.5, 0.6) is 0 Å². The summed E-state index contributed by atoms with van der Waals surface area (Å²) in [5, 5.41) is 0. The molecule has 0 N–H and O–H groups in total. The molecule has 24 rings (SSSR count). The van der Waals surface area contributed by atoms with Crippen molar-refractivity contribution in [2.75, 3.05) is 14.7 Å². The maximum atomic E-state index is 2.70. The Morgan fingerprint density at radius 3 is 0.635 bits per heavy atom. The molecule has 0 spiro atoms. The molecule has 0 atom stereocenters. The summed E-state index contributed by atoms with van der Waals surface area (Å²) in [7, 11) is -8.76. The van der Waals surface area contributed by atoms with Crippen LogP contribution in [0.4, 0.5) is 51.2 Å².